The summed E-state index contributed by atoms with van der Waals surface area (Å²) in [5.74, 6) is -1.81. The minimum absolute atomic E-state index is 0.0499. The molecule has 0 bridgehead atoms. The molecule has 0 atom stereocenters. The molecular weight excluding hydrogens is 302 g/mol. The van der Waals surface area contributed by atoms with Gasteiger partial charge in [0.25, 0.3) is 11.7 Å². The van der Waals surface area contributed by atoms with E-state index < -0.39 is 17.5 Å². The highest BCUT2D eigenvalue weighted by Crippen LogP contribution is 2.33. The zero-order valence-corrected chi connectivity index (χ0v) is 13.5. The number of carbonyl (C=O) groups is 3. The fourth-order valence-electron chi connectivity index (χ4n) is 2.86. The van der Waals surface area contributed by atoms with Gasteiger partial charge in [0.2, 0.25) is 0 Å². The van der Waals surface area contributed by atoms with Gasteiger partial charge in [0, 0.05) is 11.6 Å². The second-order valence-corrected chi connectivity index (χ2v) is 5.88. The van der Waals surface area contributed by atoms with Crippen LogP contribution in [0.15, 0.2) is 66.2 Å². The summed E-state index contributed by atoms with van der Waals surface area (Å²) in [5.41, 5.74) is 1.43. The third-order valence-corrected chi connectivity index (χ3v) is 3.94. The van der Waals surface area contributed by atoms with Gasteiger partial charge >= 0.3 is 0 Å². The summed E-state index contributed by atoms with van der Waals surface area (Å²) in [7, 11) is 0. The molecular formula is C20H17NO3. The molecule has 4 heteroatoms. The lowest BCUT2D eigenvalue weighted by atomic mass is 9.97. The number of hydrogen-bond donors (Lipinski definition) is 0. The molecule has 0 unspecified atom stereocenters. The minimum Gasteiger partial charge on any atom is -0.302 e. The first kappa shape index (κ1) is 15.9. The van der Waals surface area contributed by atoms with Crippen LogP contribution >= 0.6 is 0 Å². The van der Waals surface area contributed by atoms with Gasteiger partial charge in [0.05, 0.1) is 5.70 Å². The molecule has 2 aromatic rings. The molecule has 0 N–H and O–H groups in total. The SMILES string of the molecule is CC(C)N1C(=O)C(=O)C(C(=O)c2ccccc2)=C1c1ccccc1. The summed E-state index contributed by atoms with van der Waals surface area (Å²) in [6, 6.07) is 17.4. The largest absolute Gasteiger partial charge is 0.302 e. The maximum atomic E-state index is 12.9. The number of amides is 1. The summed E-state index contributed by atoms with van der Waals surface area (Å²) in [6.07, 6.45) is 0. The second kappa shape index (κ2) is 6.24. The van der Waals surface area contributed by atoms with Gasteiger partial charge in [-0.1, -0.05) is 60.7 Å². The fourth-order valence-corrected chi connectivity index (χ4v) is 2.86. The lowest BCUT2D eigenvalue weighted by Crippen LogP contribution is -2.34. The van der Waals surface area contributed by atoms with Crippen LogP contribution in [0, 0.1) is 0 Å². The van der Waals surface area contributed by atoms with E-state index in [9.17, 15) is 14.4 Å². The van der Waals surface area contributed by atoms with Gasteiger partial charge < -0.3 is 4.90 Å². The summed E-state index contributed by atoms with van der Waals surface area (Å²) in [6.45, 7) is 3.65. The number of rotatable bonds is 4. The van der Waals surface area contributed by atoms with Crippen molar-refractivity contribution < 1.29 is 14.4 Å². The quantitative estimate of drug-likeness (QED) is 0.494. The van der Waals surface area contributed by atoms with Crippen molar-refractivity contribution in [2.45, 2.75) is 19.9 Å². The Balaban J connectivity index is 2.23. The first-order chi connectivity index (χ1) is 11.5. The van der Waals surface area contributed by atoms with E-state index >= 15 is 0 Å². The topological polar surface area (TPSA) is 54.5 Å². The van der Waals surface area contributed by atoms with E-state index in [0.29, 0.717) is 16.8 Å². The Kier molecular flexibility index (Phi) is 4.13. The lowest BCUT2D eigenvalue weighted by molar-refractivity contribution is -0.139. The van der Waals surface area contributed by atoms with Crippen molar-refractivity contribution >= 4 is 23.2 Å². The molecule has 1 heterocycles. The van der Waals surface area contributed by atoms with E-state index in [1.807, 2.05) is 32.0 Å². The molecule has 2 aromatic carbocycles. The minimum atomic E-state index is -0.739. The number of hydrogen-bond acceptors (Lipinski definition) is 3. The van der Waals surface area contributed by atoms with E-state index in [-0.39, 0.29) is 11.6 Å². The lowest BCUT2D eigenvalue weighted by Gasteiger charge is -2.24. The van der Waals surface area contributed by atoms with Crippen LogP contribution in [0.25, 0.3) is 5.70 Å². The molecule has 1 aliphatic heterocycles. The smallest absolute Gasteiger partial charge is 0.299 e. The van der Waals surface area contributed by atoms with Gasteiger partial charge in [0.15, 0.2) is 5.78 Å². The Bertz CT molecular complexity index is 836. The molecule has 0 aromatic heterocycles. The number of ketones is 2. The molecule has 1 amide bonds. The van der Waals surface area contributed by atoms with E-state index in [4.69, 9.17) is 0 Å². The standard InChI is InChI=1S/C20H17NO3/c1-13(2)21-17(14-9-5-3-6-10-14)16(19(23)20(21)24)18(22)15-11-7-4-8-12-15/h3-13H,1-2H3. The Hall–Kier alpha value is -3.01. The molecule has 0 spiro atoms. The predicted octanol–water partition coefficient (Wildman–Crippen LogP) is 3.10. The van der Waals surface area contributed by atoms with Crippen molar-refractivity contribution in [3.8, 4) is 0 Å². The van der Waals surface area contributed by atoms with Crippen molar-refractivity contribution in [3.63, 3.8) is 0 Å². The second-order valence-electron chi connectivity index (χ2n) is 5.88. The van der Waals surface area contributed by atoms with Gasteiger partial charge in [-0.2, -0.15) is 0 Å². The maximum absolute atomic E-state index is 12.9. The molecule has 1 aliphatic rings. The molecule has 3 rings (SSSR count). The van der Waals surface area contributed by atoms with Crippen LogP contribution in [0.4, 0.5) is 0 Å². The third-order valence-electron chi connectivity index (χ3n) is 3.94. The molecule has 120 valence electrons. The highest BCUT2D eigenvalue weighted by molar-refractivity contribution is 6.56. The Morgan fingerprint density at radius 1 is 0.875 bits per heavy atom. The van der Waals surface area contributed by atoms with Gasteiger partial charge in [0.1, 0.15) is 5.57 Å². The number of benzene rings is 2. The molecule has 0 fully saturated rings. The van der Waals surface area contributed by atoms with E-state index in [1.165, 1.54) is 4.90 Å². The molecule has 0 saturated carbocycles. The number of Topliss-reactive ketones (excluding diaryl/α,β-unsaturated/α-hetero) is 2. The summed E-state index contributed by atoms with van der Waals surface area (Å²) in [5, 5.41) is 0. The molecule has 0 saturated heterocycles. The average molecular weight is 319 g/mol. The van der Waals surface area contributed by atoms with Gasteiger partial charge in [-0.25, -0.2) is 0 Å². The van der Waals surface area contributed by atoms with Crippen LogP contribution in [0.3, 0.4) is 0 Å². The first-order valence-electron chi connectivity index (χ1n) is 7.79. The first-order valence-corrected chi connectivity index (χ1v) is 7.79. The van der Waals surface area contributed by atoms with E-state index in [0.717, 1.165) is 0 Å². The van der Waals surface area contributed by atoms with Gasteiger partial charge in [-0.15, -0.1) is 0 Å². The zero-order valence-electron chi connectivity index (χ0n) is 13.5. The molecule has 0 aliphatic carbocycles. The predicted molar refractivity (Wildman–Crippen MR) is 91.1 cm³/mol. The summed E-state index contributed by atoms with van der Waals surface area (Å²) >= 11 is 0. The summed E-state index contributed by atoms with van der Waals surface area (Å²) in [4.78, 5) is 39.3. The van der Waals surface area contributed by atoms with Crippen molar-refractivity contribution in [2.75, 3.05) is 0 Å². The number of carbonyl (C=O) groups excluding carboxylic acids is 3. The highest BCUT2D eigenvalue weighted by atomic mass is 16.2. The molecule has 4 nitrogen and oxygen atoms in total. The Labute approximate surface area is 140 Å². The zero-order chi connectivity index (χ0) is 17.3. The van der Waals surface area contributed by atoms with E-state index in [1.54, 1.807) is 42.5 Å². The van der Waals surface area contributed by atoms with Crippen LogP contribution in [0.2, 0.25) is 0 Å². The molecule has 24 heavy (non-hydrogen) atoms. The van der Waals surface area contributed by atoms with Crippen LogP contribution in [0.5, 0.6) is 0 Å². The van der Waals surface area contributed by atoms with Crippen molar-refractivity contribution in [3.05, 3.63) is 77.4 Å². The normalized spacial score (nSPS) is 14.7. The van der Waals surface area contributed by atoms with Crippen LogP contribution in [0.1, 0.15) is 29.8 Å². The highest BCUT2D eigenvalue weighted by Gasteiger charge is 2.43. The Morgan fingerprint density at radius 3 is 1.96 bits per heavy atom. The van der Waals surface area contributed by atoms with Crippen molar-refractivity contribution in [1.82, 2.24) is 4.90 Å². The van der Waals surface area contributed by atoms with Crippen LogP contribution < -0.4 is 0 Å². The van der Waals surface area contributed by atoms with E-state index in [2.05, 4.69) is 0 Å². The van der Waals surface area contributed by atoms with Crippen molar-refractivity contribution in [2.24, 2.45) is 0 Å². The monoisotopic (exact) mass is 319 g/mol. The average Bonchev–Trinajstić information content (AvgIpc) is 2.87. The van der Waals surface area contributed by atoms with Gasteiger partial charge in [-0.05, 0) is 19.4 Å². The van der Waals surface area contributed by atoms with Crippen LogP contribution in [-0.2, 0) is 9.59 Å². The van der Waals surface area contributed by atoms with Crippen LogP contribution in [-0.4, -0.2) is 28.4 Å². The van der Waals surface area contributed by atoms with Gasteiger partial charge in [-0.3, -0.25) is 14.4 Å². The van der Waals surface area contributed by atoms with Crippen molar-refractivity contribution in [1.29, 1.82) is 0 Å². The maximum Gasteiger partial charge on any atom is 0.299 e. The fraction of sp³-hybridized carbons (Fsp3) is 0.150. The molecule has 0 radical (unpaired) electrons. The summed E-state index contributed by atoms with van der Waals surface area (Å²) < 4.78 is 0. The number of nitrogens with zero attached hydrogens (tertiary/aromatic N) is 1. The third kappa shape index (κ3) is 2.56. The Morgan fingerprint density at radius 2 is 1.42 bits per heavy atom.